The van der Waals surface area contributed by atoms with Gasteiger partial charge in [-0.2, -0.15) is 0 Å². The molecule has 0 aliphatic rings. The highest BCUT2D eigenvalue weighted by Gasteiger charge is 2.19. The lowest BCUT2D eigenvalue weighted by Gasteiger charge is -2.07. The summed E-state index contributed by atoms with van der Waals surface area (Å²) >= 11 is 1.42. The predicted octanol–water partition coefficient (Wildman–Crippen LogP) is 4.45. The highest BCUT2D eigenvalue weighted by Crippen LogP contribution is 2.33. The van der Waals surface area contributed by atoms with Crippen molar-refractivity contribution in [2.75, 3.05) is 6.26 Å². The molecule has 3 rings (SSSR count). The molecule has 5 nitrogen and oxygen atoms in total. The van der Waals surface area contributed by atoms with Crippen molar-refractivity contribution in [3.8, 4) is 0 Å². The van der Waals surface area contributed by atoms with Crippen molar-refractivity contribution in [2.24, 2.45) is 0 Å². The summed E-state index contributed by atoms with van der Waals surface area (Å²) in [6, 6.07) is 8.60. The van der Waals surface area contributed by atoms with Gasteiger partial charge in [-0.15, -0.1) is 11.3 Å². The van der Waals surface area contributed by atoms with E-state index in [0.717, 1.165) is 39.0 Å². The lowest BCUT2D eigenvalue weighted by atomic mass is 10.0. The van der Waals surface area contributed by atoms with Crippen molar-refractivity contribution < 1.29 is 13.2 Å². The lowest BCUT2D eigenvalue weighted by molar-refractivity contribution is 0.0954. The summed E-state index contributed by atoms with van der Waals surface area (Å²) in [6.07, 6.45) is 1.94. The van der Waals surface area contributed by atoms with Crippen molar-refractivity contribution in [1.29, 1.82) is 0 Å². The van der Waals surface area contributed by atoms with Crippen LogP contribution in [0.1, 0.15) is 46.4 Å². The third kappa shape index (κ3) is 4.42. The zero-order chi connectivity index (χ0) is 19.8. The van der Waals surface area contributed by atoms with Crippen LogP contribution in [-0.4, -0.2) is 25.6 Å². The number of nitrogens with zero attached hydrogens (tertiary/aromatic N) is 1. The molecule has 1 amide bonds. The first kappa shape index (κ1) is 22.0. The van der Waals surface area contributed by atoms with E-state index in [1.165, 1.54) is 17.6 Å². The molecule has 1 aromatic carbocycles. The first-order valence-corrected chi connectivity index (χ1v) is 11.4. The molecule has 0 atom stereocenters. The Morgan fingerprint density at radius 1 is 1.18 bits per heavy atom. The van der Waals surface area contributed by atoms with Crippen molar-refractivity contribution in [2.45, 2.75) is 46.1 Å². The fraction of sp³-hybridized carbons (Fsp3) is 0.333. The summed E-state index contributed by atoms with van der Waals surface area (Å²) in [6.45, 7) is 6.39. The number of carbonyl (C=O) groups excluding carboxylic acids is 1. The fourth-order valence-corrected chi connectivity index (χ4v) is 5.09. The van der Waals surface area contributed by atoms with Gasteiger partial charge in [0.2, 0.25) is 0 Å². The van der Waals surface area contributed by atoms with Gasteiger partial charge < -0.3 is 5.32 Å². The number of nitrogens with one attached hydrogen (secondary N) is 1. The van der Waals surface area contributed by atoms with E-state index < -0.39 is 9.84 Å². The van der Waals surface area contributed by atoms with Gasteiger partial charge in [0, 0.05) is 23.9 Å². The van der Waals surface area contributed by atoms with Crippen LogP contribution in [0.5, 0.6) is 0 Å². The average Bonchev–Trinajstić information content (AvgIpc) is 2.98. The largest absolute Gasteiger partial charge is 0.347 e. The van der Waals surface area contributed by atoms with Crippen LogP contribution in [0.2, 0.25) is 0 Å². The summed E-state index contributed by atoms with van der Waals surface area (Å²) in [5.41, 5.74) is 3.97. The summed E-state index contributed by atoms with van der Waals surface area (Å²) in [7, 11) is -3.22. The standard InChI is InChI=1S/C20H22N2O3S2.CH4/c1-5-16-17-12(2)10-13(3)22-20(17)26-18(16)19(23)21-11-14-6-8-15(9-7-14)27(4,24)25;/h6-10H,5,11H2,1-4H3,(H,21,23);1H4. The van der Waals surface area contributed by atoms with Crippen LogP contribution in [0.4, 0.5) is 0 Å². The molecule has 0 spiro atoms. The van der Waals surface area contributed by atoms with E-state index in [1.54, 1.807) is 24.3 Å². The zero-order valence-corrected chi connectivity index (χ0v) is 17.4. The molecule has 2 heterocycles. The maximum atomic E-state index is 12.8. The molecule has 0 radical (unpaired) electrons. The number of aryl methyl sites for hydroxylation is 3. The van der Waals surface area contributed by atoms with Crippen LogP contribution < -0.4 is 5.32 Å². The first-order valence-electron chi connectivity index (χ1n) is 8.67. The predicted molar refractivity (Wildman–Crippen MR) is 116 cm³/mol. The normalized spacial score (nSPS) is 11.3. The summed E-state index contributed by atoms with van der Waals surface area (Å²) in [5.74, 6) is -0.126. The van der Waals surface area contributed by atoms with Crippen LogP contribution in [0, 0.1) is 13.8 Å². The molecule has 0 bridgehead atoms. The summed E-state index contributed by atoms with van der Waals surface area (Å²) < 4.78 is 23.1. The molecule has 7 heteroatoms. The van der Waals surface area contributed by atoms with Gasteiger partial charge in [-0.3, -0.25) is 4.79 Å². The highest BCUT2D eigenvalue weighted by atomic mass is 32.2. The van der Waals surface area contributed by atoms with Crippen LogP contribution >= 0.6 is 11.3 Å². The maximum absolute atomic E-state index is 12.8. The molecule has 1 N–H and O–H groups in total. The molecule has 0 saturated carbocycles. The van der Waals surface area contributed by atoms with E-state index in [0.29, 0.717) is 11.4 Å². The number of aromatic nitrogens is 1. The minimum Gasteiger partial charge on any atom is -0.347 e. The number of hydrogen-bond acceptors (Lipinski definition) is 5. The van der Waals surface area contributed by atoms with Gasteiger partial charge in [0.15, 0.2) is 9.84 Å². The van der Waals surface area contributed by atoms with E-state index >= 15 is 0 Å². The van der Waals surface area contributed by atoms with Crippen LogP contribution in [0.15, 0.2) is 35.2 Å². The van der Waals surface area contributed by atoms with Gasteiger partial charge in [0.1, 0.15) is 4.83 Å². The average molecular weight is 419 g/mol. The number of thiophene rings is 1. The fourth-order valence-electron chi connectivity index (χ4n) is 3.15. The number of amides is 1. The Kier molecular flexibility index (Phi) is 6.62. The SMILES string of the molecule is C.CCc1c(C(=O)NCc2ccc(S(C)(=O)=O)cc2)sc2nc(C)cc(C)c12. The first-order chi connectivity index (χ1) is 12.7. The third-order valence-corrected chi connectivity index (χ3v) is 6.70. The Labute approximate surface area is 170 Å². The number of sulfone groups is 1. The second-order valence-corrected chi connectivity index (χ2v) is 9.64. The van der Waals surface area contributed by atoms with Crippen LogP contribution in [0.25, 0.3) is 10.2 Å². The van der Waals surface area contributed by atoms with E-state index in [-0.39, 0.29) is 18.2 Å². The Morgan fingerprint density at radius 2 is 1.82 bits per heavy atom. The van der Waals surface area contributed by atoms with E-state index in [9.17, 15) is 13.2 Å². The van der Waals surface area contributed by atoms with Crippen LogP contribution in [0.3, 0.4) is 0 Å². The Balaban J connectivity index is 0.00000280. The van der Waals surface area contributed by atoms with Crippen molar-refractivity contribution in [1.82, 2.24) is 10.3 Å². The quantitative estimate of drug-likeness (QED) is 0.664. The zero-order valence-electron chi connectivity index (χ0n) is 15.8. The smallest absolute Gasteiger partial charge is 0.262 e. The molecule has 0 saturated heterocycles. The molecule has 0 fully saturated rings. The molecular weight excluding hydrogens is 392 g/mol. The minimum atomic E-state index is -3.22. The van der Waals surface area contributed by atoms with E-state index in [2.05, 4.69) is 10.3 Å². The third-order valence-electron chi connectivity index (χ3n) is 4.45. The molecular formula is C21H26N2O3S2. The number of rotatable bonds is 5. The van der Waals surface area contributed by atoms with Gasteiger partial charge in [-0.1, -0.05) is 26.5 Å². The lowest BCUT2D eigenvalue weighted by Crippen LogP contribution is -2.22. The van der Waals surface area contributed by atoms with Gasteiger partial charge in [0.25, 0.3) is 5.91 Å². The molecule has 3 aromatic rings. The molecule has 0 unspecified atom stereocenters. The van der Waals surface area contributed by atoms with Gasteiger partial charge in [-0.25, -0.2) is 13.4 Å². The monoisotopic (exact) mass is 418 g/mol. The topological polar surface area (TPSA) is 76.1 Å². The van der Waals surface area contributed by atoms with Crippen LogP contribution in [-0.2, 0) is 22.8 Å². The van der Waals surface area contributed by atoms with Gasteiger partial charge in [0.05, 0.1) is 9.77 Å². The molecule has 2 aromatic heterocycles. The summed E-state index contributed by atoms with van der Waals surface area (Å²) in [4.78, 5) is 19.2. The van der Waals surface area contributed by atoms with Crippen molar-refractivity contribution >= 4 is 37.3 Å². The van der Waals surface area contributed by atoms with Crippen molar-refractivity contribution in [3.63, 3.8) is 0 Å². The van der Waals surface area contributed by atoms with Crippen molar-refractivity contribution in [3.05, 3.63) is 57.6 Å². The second kappa shape index (κ2) is 8.41. The number of fused-ring (bicyclic) bond motifs is 1. The molecule has 28 heavy (non-hydrogen) atoms. The molecule has 0 aliphatic carbocycles. The summed E-state index contributed by atoms with van der Waals surface area (Å²) in [5, 5.41) is 4.02. The van der Waals surface area contributed by atoms with Gasteiger partial charge in [-0.05, 0) is 55.2 Å². The molecule has 0 aliphatic heterocycles. The maximum Gasteiger partial charge on any atom is 0.262 e. The highest BCUT2D eigenvalue weighted by molar-refractivity contribution is 7.90. The van der Waals surface area contributed by atoms with Gasteiger partial charge >= 0.3 is 0 Å². The van der Waals surface area contributed by atoms with E-state index in [4.69, 9.17) is 0 Å². The second-order valence-electron chi connectivity index (χ2n) is 6.62. The number of pyridine rings is 1. The minimum absolute atomic E-state index is 0. The molecule has 150 valence electrons. The number of carbonyl (C=O) groups is 1. The number of benzene rings is 1. The Bertz CT molecular complexity index is 1110. The Hall–Kier alpha value is -2.25. The van der Waals surface area contributed by atoms with E-state index in [1.807, 2.05) is 26.8 Å². The number of hydrogen-bond donors (Lipinski definition) is 1. The Morgan fingerprint density at radius 3 is 2.39 bits per heavy atom.